The molecule has 0 bridgehead atoms. The minimum Gasteiger partial charge on any atom is -0.395 e. The van der Waals surface area contributed by atoms with Crippen molar-refractivity contribution in [1.82, 2.24) is 4.90 Å². The SMILES string of the molecule is [CH2]C(=O)N(CCO)CCO. The molecular weight excluding hydrogens is 134 g/mol. The lowest BCUT2D eigenvalue weighted by Gasteiger charge is -2.17. The van der Waals surface area contributed by atoms with Crippen LogP contribution in [0.4, 0.5) is 0 Å². The summed E-state index contributed by atoms with van der Waals surface area (Å²) in [7, 11) is 0. The zero-order chi connectivity index (χ0) is 7.98. The van der Waals surface area contributed by atoms with E-state index in [1.165, 1.54) is 4.90 Å². The highest BCUT2D eigenvalue weighted by Gasteiger charge is 2.05. The Morgan fingerprint density at radius 2 is 1.70 bits per heavy atom. The summed E-state index contributed by atoms with van der Waals surface area (Å²) in [6.45, 7) is 3.43. The van der Waals surface area contributed by atoms with Crippen molar-refractivity contribution in [2.75, 3.05) is 26.3 Å². The Hall–Kier alpha value is -0.610. The first-order valence-electron chi connectivity index (χ1n) is 3.05. The summed E-state index contributed by atoms with van der Waals surface area (Å²) >= 11 is 0. The van der Waals surface area contributed by atoms with Gasteiger partial charge in [-0.25, -0.2) is 0 Å². The van der Waals surface area contributed by atoms with E-state index in [0.717, 1.165) is 0 Å². The Labute approximate surface area is 60.1 Å². The van der Waals surface area contributed by atoms with E-state index in [1.54, 1.807) is 0 Å². The maximum Gasteiger partial charge on any atom is 0.223 e. The van der Waals surface area contributed by atoms with Gasteiger partial charge in [0.05, 0.1) is 13.2 Å². The third kappa shape index (κ3) is 3.42. The van der Waals surface area contributed by atoms with E-state index in [-0.39, 0.29) is 32.2 Å². The number of hydrogen-bond acceptors (Lipinski definition) is 3. The largest absolute Gasteiger partial charge is 0.395 e. The molecule has 0 aliphatic carbocycles. The first-order valence-corrected chi connectivity index (χ1v) is 3.05. The van der Waals surface area contributed by atoms with Gasteiger partial charge in [-0.1, -0.05) is 0 Å². The molecule has 0 aromatic carbocycles. The van der Waals surface area contributed by atoms with Gasteiger partial charge in [-0.3, -0.25) is 4.79 Å². The highest BCUT2D eigenvalue weighted by molar-refractivity contribution is 5.80. The molecule has 0 aromatic rings. The Kier molecular flexibility index (Phi) is 4.88. The van der Waals surface area contributed by atoms with Gasteiger partial charge in [0.15, 0.2) is 0 Å². The molecule has 0 aromatic heterocycles. The molecule has 0 spiro atoms. The van der Waals surface area contributed by atoms with Crippen LogP contribution in [0.2, 0.25) is 0 Å². The van der Waals surface area contributed by atoms with Crippen LogP contribution in [0.25, 0.3) is 0 Å². The number of hydrogen-bond donors (Lipinski definition) is 2. The average molecular weight is 146 g/mol. The number of carbonyl (C=O) groups excluding carboxylic acids is 1. The van der Waals surface area contributed by atoms with E-state index in [1.807, 2.05) is 0 Å². The first-order chi connectivity index (χ1) is 4.72. The zero-order valence-corrected chi connectivity index (χ0v) is 5.79. The summed E-state index contributed by atoms with van der Waals surface area (Å²) < 4.78 is 0. The topological polar surface area (TPSA) is 60.8 Å². The zero-order valence-electron chi connectivity index (χ0n) is 5.79. The molecule has 0 heterocycles. The van der Waals surface area contributed by atoms with Crippen molar-refractivity contribution in [1.29, 1.82) is 0 Å². The van der Waals surface area contributed by atoms with Gasteiger partial charge in [-0.2, -0.15) is 0 Å². The van der Waals surface area contributed by atoms with Gasteiger partial charge in [-0.15, -0.1) is 0 Å². The van der Waals surface area contributed by atoms with Crippen LogP contribution < -0.4 is 0 Å². The minimum absolute atomic E-state index is 0.0960. The van der Waals surface area contributed by atoms with Crippen molar-refractivity contribution in [2.45, 2.75) is 0 Å². The highest BCUT2D eigenvalue weighted by Crippen LogP contribution is 1.85. The van der Waals surface area contributed by atoms with E-state index in [0.29, 0.717) is 0 Å². The summed E-state index contributed by atoms with van der Waals surface area (Å²) in [4.78, 5) is 11.8. The van der Waals surface area contributed by atoms with Crippen LogP contribution >= 0.6 is 0 Å². The van der Waals surface area contributed by atoms with Crippen LogP contribution in [0, 0.1) is 6.92 Å². The second-order valence-corrected chi connectivity index (χ2v) is 1.83. The number of rotatable bonds is 4. The maximum atomic E-state index is 10.5. The lowest BCUT2D eigenvalue weighted by atomic mass is 10.4. The molecule has 0 saturated carbocycles. The van der Waals surface area contributed by atoms with Crippen molar-refractivity contribution in [3.63, 3.8) is 0 Å². The van der Waals surface area contributed by atoms with Crippen molar-refractivity contribution in [3.05, 3.63) is 6.92 Å². The predicted molar refractivity (Wildman–Crippen MR) is 36.1 cm³/mol. The van der Waals surface area contributed by atoms with Gasteiger partial charge in [-0.05, 0) is 0 Å². The van der Waals surface area contributed by atoms with Crippen LogP contribution in [-0.4, -0.2) is 47.3 Å². The Balaban J connectivity index is 3.61. The van der Waals surface area contributed by atoms with Gasteiger partial charge in [0.1, 0.15) is 0 Å². The lowest BCUT2D eigenvalue weighted by molar-refractivity contribution is -0.127. The van der Waals surface area contributed by atoms with Crippen LogP contribution in [-0.2, 0) is 4.79 Å². The molecule has 0 aliphatic heterocycles. The monoisotopic (exact) mass is 146 g/mol. The van der Waals surface area contributed by atoms with E-state index in [2.05, 4.69) is 6.92 Å². The van der Waals surface area contributed by atoms with E-state index < -0.39 is 0 Å². The summed E-state index contributed by atoms with van der Waals surface area (Å²) in [5.74, 6) is -0.372. The quantitative estimate of drug-likeness (QED) is 0.514. The van der Waals surface area contributed by atoms with Crippen LogP contribution in [0.3, 0.4) is 0 Å². The predicted octanol–water partition coefficient (Wildman–Crippen LogP) is -1.37. The second-order valence-electron chi connectivity index (χ2n) is 1.83. The first kappa shape index (κ1) is 9.39. The summed E-state index contributed by atoms with van der Waals surface area (Å²) in [5, 5.41) is 16.8. The molecule has 0 aliphatic rings. The minimum atomic E-state index is -0.372. The maximum absolute atomic E-state index is 10.5. The molecule has 1 amide bonds. The van der Waals surface area contributed by atoms with Gasteiger partial charge in [0.2, 0.25) is 5.91 Å². The fourth-order valence-corrected chi connectivity index (χ4v) is 0.603. The van der Waals surface area contributed by atoms with Gasteiger partial charge < -0.3 is 15.1 Å². The fourth-order valence-electron chi connectivity index (χ4n) is 0.603. The van der Waals surface area contributed by atoms with Gasteiger partial charge >= 0.3 is 0 Å². The number of carbonyl (C=O) groups is 1. The van der Waals surface area contributed by atoms with E-state index in [9.17, 15) is 4.79 Å². The van der Waals surface area contributed by atoms with E-state index in [4.69, 9.17) is 10.2 Å². The van der Waals surface area contributed by atoms with Gasteiger partial charge in [0.25, 0.3) is 0 Å². The van der Waals surface area contributed by atoms with Crippen molar-refractivity contribution in [3.8, 4) is 0 Å². The Bertz CT molecular complexity index is 99.2. The molecule has 59 valence electrons. The molecule has 0 saturated heterocycles. The van der Waals surface area contributed by atoms with Crippen molar-refractivity contribution in [2.24, 2.45) is 0 Å². The molecule has 0 atom stereocenters. The second kappa shape index (κ2) is 5.20. The van der Waals surface area contributed by atoms with Crippen LogP contribution in [0.5, 0.6) is 0 Å². The number of amides is 1. The Morgan fingerprint density at radius 1 is 1.30 bits per heavy atom. The van der Waals surface area contributed by atoms with E-state index >= 15 is 0 Å². The smallest absolute Gasteiger partial charge is 0.223 e. The summed E-state index contributed by atoms with van der Waals surface area (Å²) in [6, 6.07) is 0. The number of nitrogens with zero attached hydrogens (tertiary/aromatic N) is 1. The molecule has 2 N–H and O–H groups in total. The standard InChI is InChI=1S/C6H12NO3/c1-6(10)7(2-4-8)3-5-9/h8-9H,1-5H2. The molecule has 1 radical (unpaired) electrons. The molecule has 0 unspecified atom stereocenters. The average Bonchev–Trinajstić information content (AvgIpc) is 1.87. The van der Waals surface area contributed by atoms with Gasteiger partial charge in [0, 0.05) is 20.0 Å². The molecular formula is C6H12NO3. The molecule has 0 fully saturated rings. The lowest BCUT2D eigenvalue weighted by Crippen LogP contribution is -2.34. The third-order valence-electron chi connectivity index (χ3n) is 1.09. The molecule has 4 heteroatoms. The normalized spacial score (nSPS) is 9.50. The van der Waals surface area contributed by atoms with Crippen molar-refractivity contribution < 1.29 is 15.0 Å². The Morgan fingerprint density at radius 3 is 1.90 bits per heavy atom. The van der Waals surface area contributed by atoms with Crippen molar-refractivity contribution >= 4 is 5.91 Å². The summed E-state index contributed by atoms with van der Waals surface area (Å²) in [5.41, 5.74) is 0. The number of aliphatic hydroxyl groups is 2. The fraction of sp³-hybridized carbons (Fsp3) is 0.667. The number of aliphatic hydroxyl groups excluding tert-OH is 2. The molecule has 0 rings (SSSR count). The highest BCUT2D eigenvalue weighted by atomic mass is 16.3. The summed E-state index contributed by atoms with van der Waals surface area (Å²) in [6.07, 6.45) is 0. The molecule has 4 nitrogen and oxygen atoms in total. The molecule has 10 heavy (non-hydrogen) atoms. The van der Waals surface area contributed by atoms with Crippen LogP contribution in [0.15, 0.2) is 0 Å². The third-order valence-corrected chi connectivity index (χ3v) is 1.09. The van der Waals surface area contributed by atoms with Crippen LogP contribution in [0.1, 0.15) is 0 Å².